The Hall–Kier alpha value is -3.00. The molecular weight excluding hydrogens is 340 g/mol. The van der Waals surface area contributed by atoms with Gasteiger partial charge in [0.2, 0.25) is 0 Å². The third-order valence-corrected chi connectivity index (χ3v) is 4.43. The second kappa shape index (κ2) is 6.14. The van der Waals surface area contributed by atoms with E-state index in [9.17, 15) is 14.4 Å². The van der Waals surface area contributed by atoms with Crippen LogP contribution in [0.2, 0.25) is 0 Å². The Bertz CT molecular complexity index is 1030. The lowest BCUT2D eigenvalue weighted by Crippen LogP contribution is -2.53. The molecule has 0 atom stereocenters. The van der Waals surface area contributed by atoms with Crippen LogP contribution < -0.4 is 11.0 Å². The number of nitrogens with one attached hydrogen (secondary N) is 1. The fourth-order valence-corrected chi connectivity index (χ4v) is 3.02. The molecule has 0 radical (unpaired) electrons. The first-order valence-electron chi connectivity index (χ1n) is 7.50. The minimum absolute atomic E-state index is 0.0178. The van der Waals surface area contributed by atoms with E-state index >= 15 is 0 Å². The second-order valence-corrected chi connectivity index (χ2v) is 6.06. The van der Waals surface area contributed by atoms with Gasteiger partial charge in [0.15, 0.2) is 5.11 Å². The molecule has 2 amide bonds. The summed E-state index contributed by atoms with van der Waals surface area (Å²) in [7, 11) is 3.36. The maximum Gasteiger partial charge on any atom is 0.328 e. The van der Waals surface area contributed by atoms with Crippen LogP contribution in [0.15, 0.2) is 41.2 Å². The topological polar surface area (TPSA) is 76.3 Å². The smallest absolute Gasteiger partial charge is 0.298 e. The standard InChI is InChI=1S/C17H16N4O3S/c1-4-7-21-15(23)11(14(22)18-16(21)25)8-10-5-6-12-13(9-10)20(3)17(24)19(12)2/h4-6,8-9H,1,7H2,2-3H3,(H,18,22,25)/b11-8-. The largest absolute Gasteiger partial charge is 0.328 e. The van der Waals surface area contributed by atoms with Crippen molar-refractivity contribution in [2.24, 2.45) is 14.1 Å². The number of hydrogen-bond donors (Lipinski definition) is 1. The highest BCUT2D eigenvalue weighted by atomic mass is 32.1. The summed E-state index contributed by atoms with van der Waals surface area (Å²) in [5.74, 6) is -1.02. The minimum Gasteiger partial charge on any atom is -0.298 e. The quantitative estimate of drug-likeness (QED) is 0.380. The van der Waals surface area contributed by atoms with E-state index in [0.717, 1.165) is 5.52 Å². The normalized spacial score (nSPS) is 16.6. The van der Waals surface area contributed by atoms with E-state index in [0.29, 0.717) is 11.1 Å². The Morgan fingerprint density at radius 1 is 1.16 bits per heavy atom. The number of amides is 2. The van der Waals surface area contributed by atoms with Gasteiger partial charge >= 0.3 is 5.69 Å². The Labute approximate surface area is 148 Å². The fraction of sp³-hybridized carbons (Fsp3) is 0.176. The van der Waals surface area contributed by atoms with Gasteiger partial charge in [-0.05, 0) is 36.0 Å². The molecule has 0 saturated carbocycles. The lowest BCUT2D eigenvalue weighted by Gasteiger charge is -2.27. The molecule has 1 saturated heterocycles. The van der Waals surface area contributed by atoms with Crippen LogP contribution in [-0.4, -0.2) is 37.5 Å². The van der Waals surface area contributed by atoms with Crippen molar-refractivity contribution in [3.63, 3.8) is 0 Å². The second-order valence-electron chi connectivity index (χ2n) is 5.67. The van der Waals surface area contributed by atoms with E-state index in [2.05, 4.69) is 11.9 Å². The zero-order chi connectivity index (χ0) is 18.3. The third-order valence-electron chi connectivity index (χ3n) is 4.10. The van der Waals surface area contributed by atoms with Crippen LogP contribution in [0.4, 0.5) is 0 Å². The van der Waals surface area contributed by atoms with Gasteiger partial charge < -0.3 is 0 Å². The summed E-state index contributed by atoms with van der Waals surface area (Å²) >= 11 is 5.02. The molecule has 0 bridgehead atoms. The molecule has 3 rings (SSSR count). The third kappa shape index (κ3) is 2.70. The maximum absolute atomic E-state index is 12.5. The number of thiocarbonyl (C=S) groups is 1. The number of nitrogens with zero attached hydrogens (tertiary/aromatic N) is 3. The maximum atomic E-state index is 12.5. The molecule has 1 aromatic carbocycles. The first-order valence-corrected chi connectivity index (χ1v) is 7.91. The zero-order valence-corrected chi connectivity index (χ0v) is 14.6. The van der Waals surface area contributed by atoms with Crippen molar-refractivity contribution in [3.8, 4) is 0 Å². The summed E-state index contributed by atoms with van der Waals surface area (Å²) in [4.78, 5) is 38.0. The molecule has 2 aromatic rings. The molecule has 1 aliphatic rings. The van der Waals surface area contributed by atoms with Crippen molar-refractivity contribution in [2.75, 3.05) is 6.54 Å². The van der Waals surface area contributed by atoms with Crippen molar-refractivity contribution in [1.29, 1.82) is 0 Å². The van der Waals surface area contributed by atoms with Crippen molar-refractivity contribution >= 4 is 46.3 Å². The van der Waals surface area contributed by atoms with Crippen molar-refractivity contribution in [3.05, 3.63) is 52.5 Å². The summed E-state index contributed by atoms with van der Waals surface area (Å²) < 4.78 is 3.05. The average Bonchev–Trinajstić information content (AvgIpc) is 2.80. The molecule has 1 N–H and O–H groups in total. The molecule has 0 unspecified atom stereocenters. The SMILES string of the molecule is C=CCN1C(=O)/C(=C\c2ccc3c(c2)n(C)c(=O)n3C)C(=O)NC1=S. The molecule has 7 nitrogen and oxygen atoms in total. The minimum atomic E-state index is -0.544. The summed E-state index contributed by atoms with van der Waals surface area (Å²) in [6.45, 7) is 3.80. The van der Waals surface area contributed by atoms with Gasteiger partial charge in [-0.15, -0.1) is 6.58 Å². The molecule has 2 heterocycles. The van der Waals surface area contributed by atoms with E-state index in [1.165, 1.54) is 26.2 Å². The van der Waals surface area contributed by atoms with Gasteiger partial charge in [0.1, 0.15) is 5.57 Å². The van der Waals surface area contributed by atoms with Crippen molar-refractivity contribution in [1.82, 2.24) is 19.4 Å². The number of fused-ring (bicyclic) bond motifs is 1. The molecule has 25 heavy (non-hydrogen) atoms. The number of imidazole rings is 1. The van der Waals surface area contributed by atoms with Gasteiger partial charge in [0.05, 0.1) is 11.0 Å². The van der Waals surface area contributed by atoms with Gasteiger partial charge in [0.25, 0.3) is 11.8 Å². The Kier molecular flexibility index (Phi) is 4.13. The number of carbonyl (C=O) groups excluding carboxylic acids is 2. The summed E-state index contributed by atoms with van der Waals surface area (Å²) in [6.07, 6.45) is 3.03. The predicted octanol–water partition coefficient (Wildman–Crippen LogP) is 0.690. The first-order chi connectivity index (χ1) is 11.8. The monoisotopic (exact) mass is 356 g/mol. The van der Waals surface area contributed by atoms with Crippen LogP contribution in [-0.2, 0) is 23.7 Å². The van der Waals surface area contributed by atoms with Crippen LogP contribution in [0.1, 0.15) is 5.56 Å². The number of benzene rings is 1. The number of rotatable bonds is 3. The average molecular weight is 356 g/mol. The molecule has 0 spiro atoms. The molecular formula is C17H16N4O3S. The summed E-state index contributed by atoms with van der Waals surface area (Å²) in [5.41, 5.74) is 1.95. The lowest BCUT2D eigenvalue weighted by atomic mass is 10.1. The zero-order valence-electron chi connectivity index (χ0n) is 13.8. The molecule has 1 fully saturated rings. The van der Waals surface area contributed by atoms with Gasteiger partial charge in [-0.1, -0.05) is 12.1 Å². The highest BCUT2D eigenvalue weighted by Crippen LogP contribution is 2.19. The van der Waals surface area contributed by atoms with Gasteiger partial charge in [-0.3, -0.25) is 28.9 Å². The highest BCUT2D eigenvalue weighted by Gasteiger charge is 2.32. The van der Waals surface area contributed by atoms with Crippen LogP contribution in [0.3, 0.4) is 0 Å². The van der Waals surface area contributed by atoms with E-state index < -0.39 is 11.8 Å². The van der Waals surface area contributed by atoms with E-state index in [1.807, 2.05) is 0 Å². The van der Waals surface area contributed by atoms with E-state index in [4.69, 9.17) is 12.2 Å². The fourth-order valence-electron chi connectivity index (χ4n) is 2.77. The lowest BCUT2D eigenvalue weighted by molar-refractivity contribution is -0.128. The van der Waals surface area contributed by atoms with Crippen LogP contribution >= 0.6 is 12.2 Å². The van der Waals surface area contributed by atoms with Gasteiger partial charge in [-0.2, -0.15) is 0 Å². The summed E-state index contributed by atoms with van der Waals surface area (Å²) in [6, 6.07) is 5.29. The summed E-state index contributed by atoms with van der Waals surface area (Å²) in [5, 5.41) is 2.56. The molecule has 1 aromatic heterocycles. The predicted molar refractivity (Wildman–Crippen MR) is 98.8 cm³/mol. The molecule has 0 aliphatic carbocycles. The van der Waals surface area contributed by atoms with E-state index in [-0.39, 0.29) is 22.9 Å². The Balaban J connectivity index is 2.08. The Morgan fingerprint density at radius 2 is 1.84 bits per heavy atom. The number of carbonyl (C=O) groups is 2. The first kappa shape index (κ1) is 16.8. The van der Waals surface area contributed by atoms with Gasteiger partial charge in [0, 0.05) is 20.6 Å². The molecule has 1 aliphatic heterocycles. The van der Waals surface area contributed by atoms with Crippen molar-refractivity contribution < 1.29 is 9.59 Å². The van der Waals surface area contributed by atoms with Crippen LogP contribution in [0.25, 0.3) is 17.1 Å². The van der Waals surface area contributed by atoms with Crippen LogP contribution in [0, 0.1) is 0 Å². The van der Waals surface area contributed by atoms with Crippen molar-refractivity contribution in [2.45, 2.75) is 0 Å². The Morgan fingerprint density at radius 3 is 2.52 bits per heavy atom. The highest BCUT2D eigenvalue weighted by molar-refractivity contribution is 7.80. The number of hydrogen-bond acceptors (Lipinski definition) is 4. The van der Waals surface area contributed by atoms with Gasteiger partial charge in [-0.25, -0.2) is 4.79 Å². The van der Waals surface area contributed by atoms with Crippen LogP contribution in [0.5, 0.6) is 0 Å². The van der Waals surface area contributed by atoms with E-state index in [1.54, 1.807) is 32.3 Å². The molecule has 8 heteroatoms. The number of aromatic nitrogens is 2. The number of aryl methyl sites for hydroxylation is 2. The molecule has 128 valence electrons.